The second kappa shape index (κ2) is 9.84. The highest BCUT2D eigenvalue weighted by Crippen LogP contribution is 2.31. The van der Waals surface area contributed by atoms with Gasteiger partial charge in [-0.15, -0.1) is 0 Å². The van der Waals surface area contributed by atoms with E-state index in [-0.39, 0.29) is 5.92 Å². The van der Waals surface area contributed by atoms with Crippen LogP contribution >= 0.6 is 0 Å². The number of para-hydroxylation sites is 1. The molecule has 0 aliphatic rings. The lowest BCUT2D eigenvalue weighted by Crippen LogP contribution is -2.07. The number of hydrogen-bond acceptors (Lipinski definition) is 5. The van der Waals surface area contributed by atoms with Crippen molar-refractivity contribution >= 4 is 6.29 Å². The average Bonchev–Trinajstić information content (AvgIpc) is 3.20. The van der Waals surface area contributed by atoms with Crippen LogP contribution in [0.1, 0.15) is 53.4 Å². The Kier molecular flexibility index (Phi) is 7.17. The zero-order chi connectivity index (χ0) is 23.3. The van der Waals surface area contributed by atoms with Crippen LogP contribution in [0.15, 0.2) is 42.7 Å². The predicted molar refractivity (Wildman–Crippen MR) is 113 cm³/mol. The van der Waals surface area contributed by atoms with Crippen LogP contribution in [-0.4, -0.2) is 34.8 Å². The van der Waals surface area contributed by atoms with E-state index in [1.807, 2.05) is 13.8 Å². The fourth-order valence-electron chi connectivity index (χ4n) is 3.29. The summed E-state index contributed by atoms with van der Waals surface area (Å²) in [6, 6.07) is 7.39. The minimum Gasteiger partial charge on any atom is -0.493 e. The Morgan fingerprint density at radius 2 is 1.97 bits per heavy atom. The lowest BCUT2D eigenvalue weighted by Gasteiger charge is -2.12. The molecule has 3 aromatic rings. The first-order valence-corrected chi connectivity index (χ1v) is 10.1. The number of hydrogen-bond donors (Lipinski definition) is 0. The van der Waals surface area contributed by atoms with Gasteiger partial charge in [0.05, 0.1) is 30.5 Å². The van der Waals surface area contributed by atoms with E-state index in [9.17, 15) is 18.0 Å². The maximum Gasteiger partial charge on any atom is 0.417 e. The Bertz CT molecular complexity index is 1060. The largest absolute Gasteiger partial charge is 0.493 e. The van der Waals surface area contributed by atoms with Crippen LogP contribution in [0.5, 0.6) is 11.5 Å². The Labute approximate surface area is 184 Å². The smallest absolute Gasteiger partial charge is 0.417 e. The molecular formula is C23H24F3N3O3. The molecule has 0 radical (unpaired) electrons. The summed E-state index contributed by atoms with van der Waals surface area (Å²) in [6.07, 6.45) is 0.148. The molecule has 3 rings (SSSR count). The number of alkyl halides is 3. The van der Waals surface area contributed by atoms with Crippen molar-refractivity contribution < 1.29 is 27.4 Å². The number of benzene rings is 1. The number of aromatic nitrogens is 3. The SMILES string of the molecule is COc1cccc(C=O)c1OCCCc1cn(-c2ccc(C(F)(F)F)cn2)nc1C(C)C. The highest BCUT2D eigenvalue weighted by Gasteiger charge is 2.30. The molecule has 0 unspecified atom stereocenters. The molecule has 1 aromatic carbocycles. The van der Waals surface area contributed by atoms with Crippen LogP contribution in [0.3, 0.4) is 0 Å². The molecule has 6 nitrogen and oxygen atoms in total. The Hall–Kier alpha value is -3.36. The standard InChI is InChI=1S/C23H24F3N3O3/c1-15(2)21-16(7-5-11-32-22-17(14-30)6-4-8-19(22)31-3)13-29(28-21)20-10-9-18(12-27-20)23(24,25)26/h4,6,8-10,12-15H,5,7,11H2,1-3H3. The summed E-state index contributed by atoms with van der Waals surface area (Å²) in [5.41, 5.74) is 1.41. The maximum atomic E-state index is 12.8. The quantitative estimate of drug-likeness (QED) is 0.331. The van der Waals surface area contributed by atoms with Gasteiger partial charge < -0.3 is 9.47 Å². The summed E-state index contributed by atoms with van der Waals surface area (Å²) < 4.78 is 50.9. The molecule has 0 fully saturated rings. The molecule has 0 spiro atoms. The molecule has 0 N–H and O–H groups in total. The average molecular weight is 447 g/mol. The zero-order valence-electron chi connectivity index (χ0n) is 18.0. The summed E-state index contributed by atoms with van der Waals surface area (Å²) in [6.45, 7) is 4.35. The van der Waals surface area contributed by atoms with Crippen LogP contribution < -0.4 is 9.47 Å². The summed E-state index contributed by atoms with van der Waals surface area (Å²) >= 11 is 0. The normalized spacial score (nSPS) is 11.6. The van der Waals surface area contributed by atoms with E-state index >= 15 is 0 Å². The van der Waals surface area contributed by atoms with Crippen molar-refractivity contribution in [1.82, 2.24) is 14.8 Å². The molecule has 170 valence electrons. The topological polar surface area (TPSA) is 66.2 Å². The summed E-state index contributed by atoms with van der Waals surface area (Å²) in [7, 11) is 1.51. The fourth-order valence-corrected chi connectivity index (χ4v) is 3.29. The minimum atomic E-state index is -4.44. The van der Waals surface area contributed by atoms with Gasteiger partial charge in [-0.25, -0.2) is 9.67 Å². The van der Waals surface area contributed by atoms with Gasteiger partial charge in [-0.05, 0) is 48.6 Å². The van der Waals surface area contributed by atoms with Gasteiger partial charge in [-0.3, -0.25) is 4.79 Å². The van der Waals surface area contributed by atoms with E-state index in [0.29, 0.717) is 42.3 Å². The molecule has 32 heavy (non-hydrogen) atoms. The molecule has 0 saturated carbocycles. The van der Waals surface area contributed by atoms with Crippen molar-refractivity contribution in [3.8, 4) is 17.3 Å². The third-order valence-corrected chi connectivity index (χ3v) is 4.87. The van der Waals surface area contributed by atoms with Crippen molar-refractivity contribution in [2.24, 2.45) is 0 Å². The number of carbonyl (C=O) groups is 1. The van der Waals surface area contributed by atoms with Crippen molar-refractivity contribution in [1.29, 1.82) is 0 Å². The second-order valence-electron chi connectivity index (χ2n) is 7.49. The third kappa shape index (κ3) is 5.27. The van der Waals surface area contributed by atoms with Gasteiger partial charge in [-0.2, -0.15) is 18.3 Å². The molecule has 9 heteroatoms. The van der Waals surface area contributed by atoms with Crippen molar-refractivity contribution in [3.63, 3.8) is 0 Å². The predicted octanol–water partition coefficient (Wildman–Crippen LogP) is 5.24. The third-order valence-electron chi connectivity index (χ3n) is 4.87. The molecular weight excluding hydrogens is 423 g/mol. The number of aldehydes is 1. The van der Waals surface area contributed by atoms with Gasteiger partial charge in [0.2, 0.25) is 0 Å². The number of aryl methyl sites for hydroxylation is 1. The van der Waals surface area contributed by atoms with Crippen LogP contribution in [-0.2, 0) is 12.6 Å². The lowest BCUT2D eigenvalue weighted by atomic mass is 10.0. The highest BCUT2D eigenvalue weighted by atomic mass is 19.4. The molecule has 0 bridgehead atoms. The van der Waals surface area contributed by atoms with Gasteiger partial charge >= 0.3 is 6.18 Å². The molecule has 2 heterocycles. The monoisotopic (exact) mass is 447 g/mol. The number of nitrogens with zero attached hydrogens (tertiary/aromatic N) is 3. The van der Waals surface area contributed by atoms with Gasteiger partial charge in [0.1, 0.15) is 0 Å². The van der Waals surface area contributed by atoms with Crippen molar-refractivity contribution in [2.45, 2.75) is 38.8 Å². The summed E-state index contributed by atoms with van der Waals surface area (Å²) in [5.74, 6) is 1.32. The molecule has 0 atom stereocenters. The molecule has 0 amide bonds. The van der Waals surface area contributed by atoms with E-state index in [1.165, 1.54) is 17.9 Å². The van der Waals surface area contributed by atoms with Crippen molar-refractivity contribution in [3.05, 3.63) is 65.1 Å². The number of rotatable bonds is 9. The van der Waals surface area contributed by atoms with Gasteiger partial charge in [0, 0.05) is 12.4 Å². The first kappa shape index (κ1) is 23.3. The van der Waals surface area contributed by atoms with Gasteiger partial charge in [-0.1, -0.05) is 19.9 Å². The van der Waals surface area contributed by atoms with Gasteiger partial charge in [0.15, 0.2) is 23.6 Å². The van der Waals surface area contributed by atoms with Crippen LogP contribution in [0.4, 0.5) is 13.2 Å². The zero-order valence-corrected chi connectivity index (χ0v) is 18.0. The van der Waals surface area contributed by atoms with E-state index in [4.69, 9.17) is 9.47 Å². The van der Waals surface area contributed by atoms with E-state index in [2.05, 4.69) is 10.1 Å². The summed E-state index contributed by atoms with van der Waals surface area (Å²) in [5, 5.41) is 4.53. The van der Waals surface area contributed by atoms with Crippen LogP contribution in [0.2, 0.25) is 0 Å². The number of ether oxygens (including phenoxy) is 2. The minimum absolute atomic E-state index is 0.123. The first-order chi connectivity index (χ1) is 15.2. The fraction of sp³-hybridized carbons (Fsp3) is 0.348. The summed E-state index contributed by atoms with van der Waals surface area (Å²) in [4.78, 5) is 15.2. The van der Waals surface area contributed by atoms with E-state index in [0.717, 1.165) is 29.8 Å². The number of carbonyl (C=O) groups excluding carboxylic acids is 1. The molecule has 0 saturated heterocycles. The Morgan fingerprint density at radius 3 is 2.56 bits per heavy atom. The number of halogens is 3. The van der Waals surface area contributed by atoms with Crippen LogP contribution in [0.25, 0.3) is 5.82 Å². The van der Waals surface area contributed by atoms with Crippen molar-refractivity contribution in [2.75, 3.05) is 13.7 Å². The number of pyridine rings is 1. The van der Waals surface area contributed by atoms with Crippen LogP contribution in [0, 0.1) is 0 Å². The maximum absolute atomic E-state index is 12.8. The van der Waals surface area contributed by atoms with E-state index < -0.39 is 11.7 Å². The Balaban J connectivity index is 1.71. The lowest BCUT2D eigenvalue weighted by molar-refractivity contribution is -0.137. The first-order valence-electron chi connectivity index (χ1n) is 10.1. The van der Waals surface area contributed by atoms with Gasteiger partial charge in [0.25, 0.3) is 0 Å². The highest BCUT2D eigenvalue weighted by molar-refractivity contribution is 5.81. The Morgan fingerprint density at radius 1 is 1.19 bits per heavy atom. The molecule has 0 aliphatic heterocycles. The molecule has 2 aromatic heterocycles. The van der Waals surface area contributed by atoms with E-state index in [1.54, 1.807) is 24.4 Å². The molecule has 0 aliphatic carbocycles. The number of methoxy groups -OCH3 is 1. The second-order valence-corrected chi connectivity index (χ2v) is 7.49.